The van der Waals surface area contributed by atoms with Crippen molar-refractivity contribution in [2.75, 3.05) is 27.4 Å². The van der Waals surface area contributed by atoms with Gasteiger partial charge < -0.3 is 18.9 Å². The van der Waals surface area contributed by atoms with Crippen molar-refractivity contribution in [3.8, 4) is 0 Å². The predicted molar refractivity (Wildman–Crippen MR) is 76.5 cm³/mol. The second-order valence-corrected chi connectivity index (χ2v) is 6.29. The van der Waals surface area contributed by atoms with Crippen LogP contribution in [0.2, 0.25) is 0 Å². The van der Waals surface area contributed by atoms with Crippen molar-refractivity contribution in [2.24, 2.45) is 0 Å². The Morgan fingerprint density at radius 3 is 1.68 bits per heavy atom. The molecule has 0 saturated carbocycles. The highest BCUT2D eigenvalue weighted by atomic mass is 32.1. The summed E-state index contributed by atoms with van der Waals surface area (Å²) in [4.78, 5) is 0. The Bertz CT molecular complexity index is 278. The number of ether oxygens (including phenoxy) is 5. The summed E-state index contributed by atoms with van der Waals surface area (Å²) in [5.74, 6) is 0. The second-order valence-electron chi connectivity index (χ2n) is 4.93. The SMILES string of the molecule is COC1CCOC(S)(OC2(S)CC(OC)CCO2)C1. The van der Waals surface area contributed by atoms with Crippen molar-refractivity contribution in [3.63, 3.8) is 0 Å². The minimum atomic E-state index is -1.03. The van der Waals surface area contributed by atoms with Crippen molar-refractivity contribution >= 4 is 25.3 Å². The standard InChI is InChI=1S/C12H22O5S2/c1-13-9-3-5-15-11(18,7-9)17-12(19)8-10(14-2)4-6-16-12/h9-10,18-19H,3-8H2,1-2H3. The highest BCUT2D eigenvalue weighted by molar-refractivity contribution is 7.82. The maximum Gasteiger partial charge on any atom is 0.221 e. The van der Waals surface area contributed by atoms with Crippen molar-refractivity contribution in [1.29, 1.82) is 0 Å². The Morgan fingerprint density at radius 2 is 1.32 bits per heavy atom. The van der Waals surface area contributed by atoms with E-state index in [9.17, 15) is 0 Å². The number of methoxy groups -OCH3 is 2. The third kappa shape index (κ3) is 4.23. The van der Waals surface area contributed by atoms with E-state index in [4.69, 9.17) is 23.7 Å². The average molecular weight is 310 g/mol. The molecule has 4 unspecified atom stereocenters. The molecule has 112 valence electrons. The van der Waals surface area contributed by atoms with Crippen LogP contribution in [0.5, 0.6) is 0 Å². The molecule has 7 heteroatoms. The third-order valence-electron chi connectivity index (χ3n) is 3.49. The molecule has 4 atom stereocenters. The molecule has 0 radical (unpaired) electrons. The van der Waals surface area contributed by atoms with Crippen LogP contribution in [0.4, 0.5) is 0 Å². The summed E-state index contributed by atoms with van der Waals surface area (Å²) in [5, 5.41) is -2.06. The summed E-state index contributed by atoms with van der Waals surface area (Å²) in [6, 6.07) is 0. The number of thiol groups is 2. The highest BCUT2D eigenvalue weighted by Crippen LogP contribution is 2.41. The van der Waals surface area contributed by atoms with Crippen molar-refractivity contribution in [1.82, 2.24) is 0 Å². The quantitative estimate of drug-likeness (QED) is 0.613. The van der Waals surface area contributed by atoms with E-state index in [1.807, 2.05) is 0 Å². The maximum atomic E-state index is 5.90. The van der Waals surface area contributed by atoms with E-state index in [0.717, 1.165) is 12.8 Å². The Morgan fingerprint density at radius 1 is 0.895 bits per heavy atom. The molecule has 2 saturated heterocycles. The first-order chi connectivity index (χ1) is 8.99. The zero-order valence-corrected chi connectivity index (χ0v) is 13.1. The van der Waals surface area contributed by atoms with Gasteiger partial charge in [-0.15, -0.1) is 25.3 Å². The molecule has 2 rings (SSSR count). The van der Waals surface area contributed by atoms with Gasteiger partial charge in [-0.25, -0.2) is 0 Å². The molecule has 2 aliphatic heterocycles. The molecule has 0 aromatic heterocycles. The zero-order chi connectivity index (χ0) is 13.9. The normalized spacial score (nSPS) is 44.2. The van der Waals surface area contributed by atoms with Crippen LogP contribution in [0.3, 0.4) is 0 Å². The Labute approximate surface area is 125 Å². The topological polar surface area (TPSA) is 46.2 Å². The zero-order valence-electron chi connectivity index (χ0n) is 11.3. The minimum absolute atomic E-state index is 0.0741. The maximum absolute atomic E-state index is 5.90. The first-order valence-electron chi connectivity index (χ1n) is 6.47. The summed E-state index contributed by atoms with van der Waals surface area (Å²) in [7, 11) is 3.36. The van der Waals surface area contributed by atoms with E-state index < -0.39 is 10.2 Å². The van der Waals surface area contributed by atoms with Crippen LogP contribution >= 0.6 is 25.3 Å². The van der Waals surface area contributed by atoms with E-state index in [0.29, 0.717) is 26.1 Å². The van der Waals surface area contributed by atoms with Crippen LogP contribution in [0.15, 0.2) is 0 Å². The van der Waals surface area contributed by atoms with Gasteiger partial charge in [-0.3, -0.25) is 4.74 Å². The van der Waals surface area contributed by atoms with E-state index in [2.05, 4.69) is 25.3 Å². The summed E-state index contributed by atoms with van der Waals surface area (Å²) < 4.78 is 27.9. The van der Waals surface area contributed by atoms with E-state index >= 15 is 0 Å². The summed E-state index contributed by atoms with van der Waals surface area (Å²) in [5.41, 5.74) is 0. The van der Waals surface area contributed by atoms with Gasteiger partial charge in [0.05, 0.1) is 25.4 Å². The molecular formula is C12H22O5S2. The van der Waals surface area contributed by atoms with Crippen LogP contribution < -0.4 is 0 Å². The van der Waals surface area contributed by atoms with Gasteiger partial charge in [-0.1, -0.05) is 0 Å². The number of hydrogen-bond donors (Lipinski definition) is 2. The van der Waals surface area contributed by atoms with Crippen molar-refractivity contribution in [3.05, 3.63) is 0 Å². The summed E-state index contributed by atoms with van der Waals surface area (Å²) >= 11 is 8.98. The van der Waals surface area contributed by atoms with Crippen LogP contribution in [-0.4, -0.2) is 49.9 Å². The molecule has 0 aliphatic carbocycles. The van der Waals surface area contributed by atoms with Gasteiger partial charge in [-0.05, 0) is 12.8 Å². The van der Waals surface area contributed by atoms with E-state index in [1.165, 1.54) is 0 Å². The lowest BCUT2D eigenvalue weighted by molar-refractivity contribution is -0.315. The first-order valence-corrected chi connectivity index (χ1v) is 7.36. The Hall–Kier alpha value is 0.500. The third-order valence-corrected chi connectivity index (χ3v) is 4.30. The van der Waals surface area contributed by atoms with Crippen molar-refractivity contribution in [2.45, 2.75) is 48.1 Å². The lowest BCUT2D eigenvalue weighted by atomic mass is 10.1. The minimum Gasteiger partial charge on any atom is -0.381 e. The van der Waals surface area contributed by atoms with Crippen LogP contribution in [0.1, 0.15) is 25.7 Å². The van der Waals surface area contributed by atoms with Crippen LogP contribution in [0, 0.1) is 0 Å². The highest BCUT2D eigenvalue weighted by Gasteiger charge is 2.45. The fraction of sp³-hybridized carbons (Fsp3) is 1.00. The average Bonchev–Trinajstić information content (AvgIpc) is 2.37. The Balaban J connectivity index is 1.97. The molecule has 2 fully saturated rings. The van der Waals surface area contributed by atoms with E-state index in [1.54, 1.807) is 14.2 Å². The molecule has 0 aromatic rings. The van der Waals surface area contributed by atoms with Gasteiger partial charge in [-0.2, -0.15) is 0 Å². The van der Waals surface area contributed by atoms with E-state index in [-0.39, 0.29) is 12.2 Å². The molecule has 5 nitrogen and oxygen atoms in total. The molecule has 0 amide bonds. The Kier molecular flexibility index (Phi) is 5.44. The molecule has 19 heavy (non-hydrogen) atoms. The molecule has 0 spiro atoms. The molecule has 0 N–H and O–H groups in total. The first kappa shape index (κ1) is 15.9. The molecular weight excluding hydrogens is 288 g/mol. The lowest BCUT2D eigenvalue weighted by Gasteiger charge is -2.44. The molecule has 2 aliphatic rings. The van der Waals surface area contributed by atoms with Gasteiger partial charge in [0.1, 0.15) is 0 Å². The monoisotopic (exact) mass is 310 g/mol. The largest absolute Gasteiger partial charge is 0.381 e. The van der Waals surface area contributed by atoms with Crippen LogP contribution in [-0.2, 0) is 23.7 Å². The summed E-state index contributed by atoms with van der Waals surface area (Å²) in [6.07, 6.45) is 2.90. The molecule has 0 bridgehead atoms. The molecule has 2 heterocycles. The smallest absolute Gasteiger partial charge is 0.221 e. The van der Waals surface area contributed by atoms with Crippen molar-refractivity contribution < 1.29 is 23.7 Å². The fourth-order valence-electron chi connectivity index (χ4n) is 2.39. The summed E-state index contributed by atoms with van der Waals surface area (Å²) in [6.45, 7) is 1.08. The van der Waals surface area contributed by atoms with Gasteiger partial charge >= 0.3 is 0 Å². The number of hydrogen-bond acceptors (Lipinski definition) is 7. The number of rotatable bonds is 4. The van der Waals surface area contributed by atoms with Gasteiger partial charge in [0.25, 0.3) is 0 Å². The van der Waals surface area contributed by atoms with Crippen LogP contribution in [0.25, 0.3) is 0 Å². The van der Waals surface area contributed by atoms with Gasteiger partial charge in [0.15, 0.2) is 0 Å². The molecule has 0 aromatic carbocycles. The predicted octanol–water partition coefficient (Wildman–Crippen LogP) is 1.82. The van der Waals surface area contributed by atoms with Gasteiger partial charge in [0.2, 0.25) is 10.2 Å². The van der Waals surface area contributed by atoms with Gasteiger partial charge in [0, 0.05) is 27.1 Å². The second kappa shape index (κ2) is 6.51. The fourth-order valence-corrected chi connectivity index (χ4v) is 3.35. The lowest BCUT2D eigenvalue weighted by Crippen LogP contribution is -2.50.